The van der Waals surface area contributed by atoms with Crippen LogP contribution in [-0.2, 0) is 10.0 Å². The highest BCUT2D eigenvalue weighted by molar-refractivity contribution is 9.10. The van der Waals surface area contributed by atoms with Crippen molar-refractivity contribution in [2.24, 2.45) is 0 Å². The number of carbonyl (C=O) groups is 1. The van der Waals surface area contributed by atoms with E-state index in [2.05, 4.69) is 21.9 Å². The standard InChI is InChI=1S/C12H12BrNO4S/c1-4-5-14(3)19(17,18)9-6-10(12(15)16)8(2)11(13)7-9/h1,6-7H,5H2,2-3H3,(H,15,16). The van der Waals surface area contributed by atoms with Crippen LogP contribution >= 0.6 is 15.9 Å². The Kier molecular flexibility index (Phi) is 4.74. The predicted molar refractivity (Wildman–Crippen MR) is 74.5 cm³/mol. The van der Waals surface area contributed by atoms with E-state index in [1.165, 1.54) is 13.1 Å². The van der Waals surface area contributed by atoms with Crippen molar-refractivity contribution < 1.29 is 18.3 Å². The number of sulfonamides is 1. The number of rotatable bonds is 4. The van der Waals surface area contributed by atoms with Crippen molar-refractivity contribution in [3.8, 4) is 12.3 Å². The van der Waals surface area contributed by atoms with Gasteiger partial charge in [-0.05, 0) is 24.6 Å². The normalized spacial score (nSPS) is 11.3. The van der Waals surface area contributed by atoms with E-state index in [9.17, 15) is 13.2 Å². The number of halogens is 1. The van der Waals surface area contributed by atoms with E-state index < -0.39 is 16.0 Å². The van der Waals surface area contributed by atoms with Crippen molar-refractivity contribution in [1.82, 2.24) is 4.31 Å². The Balaban J connectivity index is 3.46. The Morgan fingerprint density at radius 1 is 1.53 bits per heavy atom. The van der Waals surface area contributed by atoms with Crippen molar-refractivity contribution in [3.05, 3.63) is 27.7 Å². The molecule has 0 aromatic heterocycles. The topological polar surface area (TPSA) is 74.7 Å². The molecule has 0 bridgehead atoms. The average molecular weight is 346 g/mol. The molecule has 7 heteroatoms. The number of hydrogen-bond donors (Lipinski definition) is 1. The maximum absolute atomic E-state index is 12.2. The Hall–Kier alpha value is -1.36. The van der Waals surface area contributed by atoms with E-state index >= 15 is 0 Å². The minimum Gasteiger partial charge on any atom is -0.478 e. The van der Waals surface area contributed by atoms with E-state index in [1.54, 1.807) is 6.92 Å². The number of hydrogen-bond acceptors (Lipinski definition) is 3. The van der Waals surface area contributed by atoms with Crippen LogP contribution in [0.5, 0.6) is 0 Å². The fraction of sp³-hybridized carbons (Fsp3) is 0.250. The molecule has 0 amide bonds. The van der Waals surface area contributed by atoms with Crippen LogP contribution in [-0.4, -0.2) is 37.4 Å². The summed E-state index contributed by atoms with van der Waals surface area (Å²) in [6.45, 7) is 1.51. The van der Waals surface area contributed by atoms with Gasteiger partial charge in [-0.15, -0.1) is 6.42 Å². The van der Waals surface area contributed by atoms with E-state index in [0.29, 0.717) is 10.0 Å². The smallest absolute Gasteiger partial charge is 0.336 e. The molecule has 0 spiro atoms. The molecule has 0 aliphatic carbocycles. The van der Waals surface area contributed by atoms with Gasteiger partial charge < -0.3 is 5.11 Å². The first-order valence-corrected chi connectivity index (χ1v) is 7.38. The predicted octanol–water partition coefficient (Wildman–Crippen LogP) is 1.71. The highest BCUT2D eigenvalue weighted by Crippen LogP contribution is 2.26. The second-order valence-electron chi connectivity index (χ2n) is 3.85. The maximum Gasteiger partial charge on any atom is 0.336 e. The fourth-order valence-electron chi connectivity index (χ4n) is 1.42. The largest absolute Gasteiger partial charge is 0.478 e. The molecule has 1 rings (SSSR count). The first-order chi connectivity index (χ1) is 8.71. The quantitative estimate of drug-likeness (QED) is 0.843. The van der Waals surface area contributed by atoms with Crippen LogP contribution in [0.2, 0.25) is 0 Å². The molecule has 0 aliphatic heterocycles. The van der Waals surface area contributed by atoms with Gasteiger partial charge in [-0.3, -0.25) is 0 Å². The van der Waals surface area contributed by atoms with Crippen LogP contribution in [0.25, 0.3) is 0 Å². The van der Waals surface area contributed by atoms with Gasteiger partial charge in [0, 0.05) is 11.5 Å². The molecule has 5 nitrogen and oxygen atoms in total. The van der Waals surface area contributed by atoms with Crippen LogP contribution in [0, 0.1) is 19.3 Å². The maximum atomic E-state index is 12.2. The van der Waals surface area contributed by atoms with Crippen LogP contribution in [0.4, 0.5) is 0 Å². The van der Waals surface area contributed by atoms with Gasteiger partial charge in [0.2, 0.25) is 10.0 Å². The molecule has 1 N–H and O–H groups in total. The van der Waals surface area contributed by atoms with Crippen molar-refractivity contribution in [1.29, 1.82) is 0 Å². The minimum atomic E-state index is -3.80. The van der Waals surface area contributed by atoms with Crippen LogP contribution < -0.4 is 0 Å². The molecule has 0 atom stereocenters. The third-order valence-electron chi connectivity index (χ3n) is 2.57. The van der Waals surface area contributed by atoms with Gasteiger partial charge in [0.25, 0.3) is 0 Å². The van der Waals surface area contributed by atoms with Gasteiger partial charge in [0.05, 0.1) is 17.0 Å². The molecule has 0 aliphatic rings. The van der Waals surface area contributed by atoms with Gasteiger partial charge in [-0.25, -0.2) is 13.2 Å². The molecule has 0 saturated heterocycles. The first-order valence-electron chi connectivity index (χ1n) is 5.15. The SMILES string of the molecule is C#CCN(C)S(=O)(=O)c1cc(Br)c(C)c(C(=O)O)c1. The summed E-state index contributed by atoms with van der Waals surface area (Å²) in [6.07, 6.45) is 5.08. The zero-order chi connectivity index (χ0) is 14.8. The summed E-state index contributed by atoms with van der Waals surface area (Å²) in [4.78, 5) is 11.0. The zero-order valence-electron chi connectivity index (χ0n) is 10.3. The molecule has 102 valence electrons. The lowest BCUT2D eigenvalue weighted by Crippen LogP contribution is -2.27. The number of carboxylic acids is 1. The zero-order valence-corrected chi connectivity index (χ0v) is 12.7. The summed E-state index contributed by atoms with van der Waals surface area (Å²) in [6, 6.07) is 2.49. The Bertz CT molecular complexity index is 661. The first kappa shape index (κ1) is 15.7. The molecule has 19 heavy (non-hydrogen) atoms. The highest BCUT2D eigenvalue weighted by atomic mass is 79.9. The van der Waals surface area contributed by atoms with E-state index in [4.69, 9.17) is 11.5 Å². The van der Waals surface area contributed by atoms with E-state index in [0.717, 1.165) is 10.4 Å². The molecule has 0 heterocycles. The Morgan fingerprint density at radius 2 is 2.11 bits per heavy atom. The van der Waals surface area contributed by atoms with Gasteiger partial charge >= 0.3 is 5.97 Å². The summed E-state index contributed by atoms with van der Waals surface area (Å²) in [7, 11) is -2.46. The van der Waals surface area contributed by atoms with Gasteiger partial charge in [-0.2, -0.15) is 4.31 Å². The second-order valence-corrected chi connectivity index (χ2v) is 6.75. The number of carboxylic acid groups (broad SMARTS) is 1. The van der Waals surface area contributed by atoms with Crippen molar-refractivity contribution in [2.45, 2.75) is 11.8 Å². The number of terminal acetylenes is 1. The highest BCUT2D eigenvalue weighted by Gasteiger charge is 2.23. The minimum absolute atomic E-state index is 0.0675. The lowest BCUT2D eigenvalue weighted by molar-refractivity contribution is 0.0695. The van der Waals surface area contributed by atoms with Crippen molar-refractivity contribution >= 4 is 31.9 Å². The number of nitrogens with zero attached hydrogens (tertiary/aromatic N) is 1. The Labute approximate surface area is 120 Å². The third kappa shape index (κ3) is 3.15. The average Bonchev–Trinajstić information content (AvgIpc) is 2.32. The summed E-state index contributed by atoms with van der Waals surface area (Å²) in [5.41, 5.74) is 0.396. The van der Waals surface area contributed by atoms with Gasteiger partial charge in [0.1, 0.15) is 0 Å². The molecular formula is C12H12BrNO4S. The summed E-state index contributed by atoms with van der Waals surface area (Å²) >= 11 is 3.16. The number of benzene rings is 1. The fourth-order valence-corrected chi connectivity index (χ4v) is 3.17. The monoisotopic (exact) mass is 345 g/mol. The summed E-state index contributed by atoms with van der Waals surface area (Å²) < 4.78 is 25.8. The Morgan fingerprint density at radius 3 is 2.58 bits per heavy atom. The van der Waals surface area contributed by atoms with Crippen molar-refractivity contribution in [2.75, 3.05) is 13.6 Å². The molecule has 0 unspecified atom stereocenters. The van der Waals surface area contributed by atoms with Gasteiger partial charge in [-0.1, -0.05) is 21.9 Å². The molecule has 1 aromatic rings. The molecular weight excluding hydrogens is 334 g/mol. The molecule has 1 aromatic carbocycles. The second kappa shape index (κ2) is 5.74. The third-order valence-corrected chi connectivity index (χ3v) is 5.18. The lowest BCUT2D eigenvalue weighted by Gasteiger charge is -2.16. The van der Waals surface area contributed by atoms with Crippen LogP contribution in [0.3, 0.4) is 0 Å². The summed E-state index contributed by atoms with van der Waals surface area (Å²) in [5.74, 6) is 1.04. The molecule has 0 saturated carbocycles. The van der Waals surface area contributed by atoms with E-state index in [1.807, 2.05) is 0 Å². The van der Waals surface area contributed by atoms with Gasteiger partial charge in [0.15, 0.2) is 0 Å². The number of aromatic carboxylic acids is 1. The molecule has 0 fully saturated rings. The summed E-state index contributed by atoms with van der Waals surface area (Å²) in [5, 5.41) is 9.06. The van der Waals surface area contributed by atoms with Crippen LogP contribution in [0.1, 0.15) is 15.9 Å². The van der Waals surface area contributed by atoms with Crippen LogP contribution in [0.15, 0.2) is 21.5 Å². The van der Waals surface area contributed by atoms with Crippen molar-refractivity contribution in [3.63, 3.8) is 0 Å². The lowest BCUT2D eigenvalue weighted by atomic mass is 10.1. The van der Waals surface area contributed by atoms with E-state index in [-0.39, 0.29) is 17.0 Å². The molecule has 0 radical (unpaired) electrons.